The van der Waals surface area contributed by atoms with Crippen molar-refractivity contribution in [3.8, 4) is 0 Å². The minimum absolute atomic E-state index is 0.0796. The summed E-state index contributed by atoms with van der Waals surface area (Å²) >= 11 is 0. The lowest BCUT2D eigenvalue weighted by Crippen LogP contribution is -2.51. The number of nitrogens with zero attached hydrogens (tertiary/aromatic N) is 2. The third-order valence-corrected chi connectivity index (χ3v) is 5.45. The molecule has 32 heavy (non-hydrogen) atoms. The van der Waals surface area contributed by atoms with Crippen LogP contribution in [0.25, 0.3) is 0 Å². The normalized spacial score (nSPS) is 20.3. The van der Waals surface area contributed by atoms with Crippen molar-refractivity contribution in [2.24, 2.45) is 4.99 Å². The highest BCUT2D eigenvalue weighted by atomic mass is 16.6. The summed E-state index contributed by atoms with van der Waals surface area (Å²) in [6.07, 6.45) is 1.45. The summed E-state index contributed by atoms with van der Waals surface area (Å²) in [7, 11) is 0. The Morgan fingerprint density at radius 2 is 1.62 bits per heavy atom. The number of aliphatic imine (C=N–C) groups is 1. The van der Waals surface area contributed by atoms with Crippen molar-refractivity contribution in [1.29, 1.82) is 0 Å². The van der Waals surface area contributed by atoms with Crippen LogP contribution in [0.3, 0.4) is 0 Å². The standard InChI is InChI=1S/C25H27N3O4/c1-25(2,3)32-24(31)27-17-12-10-16(11-13-17)26-20-21(28-14-6-7-15-28)23(30)19-9-5-4-8-18(19)22(20)29/h4-5,8-13,21H,6-7,14-15H2,1-3H3,(H,27,31). The average molecular weight is 434 g/mol. The fourth-order valence-corrected chi connectivity index (χ4v) is 4.06. The number of Topliss-reactive ketones (excluding diaryl/α,β-unsaturated/α-hetero) is 2. The molecule has 1 amide bonds. The van der Waals surface area contributed by atoms with Gasteiger partial charge < -0.3 is 4.74 Å². The fourth-order valence-electron chi connectivity index (χ4n) is 4.06. The van der Waals surface area contributed by atoms with Gasteiger partial charge in [0.15, 0.2) is 5.78 Å². The van der Waals surface area contributed by atoms with Crippen LogP contribution >= 0.6 is 0 Å². The van der Waals surface area contributed by atoms with E-state index in [2.05, 4.69) is 10.3 Å². The minimum atomic E-state index is -0.667. The van der Waals surface area contributed by atoms with E-state index in [1.807, 2.05) is 4.90 Å². The van der Waals surface area contributed by atoms with Crippen LogP contribution in [-0.4, -0.2) is 53.0 Å². The molecule has 2 aromatic carbocycles. The molecule has 1 heterocycles. The highest BCUT2D eigenvalue weighted by Gasteiger charge is 2.42. The molecule has 4 rings (SSSR count). The minimum Gasteiger partial charge on any atom is -0.444 e. The van der Waals surface area contributed by atoms with Gasteiger partial charge in [-0.15, -0.1) is 0 Å². The molecule has 2 aliphatic rings. The molecule has 0 radical (unpaired) electrons. The van der Waals surface area contributed by atoms with Crippen LogP contribution < -0.4 is 5.32 Å². The van der Waals surface area contributed by atoms with Gasteiger partial charge in [0.1, 0.15) is 17.4 Å². The van der Waals surface area contributed by atoms with Gasteiger partial charge >= 0.3 is 6.09 Å². The van der Waals surface area contributed by atoms with E-state index in [9.17, 15) is 14.4 Å². The maximum atomic E-state index is 13.3. The number of ketones is 2. The number of hydrogen-bond acceptors (Lipinski definition) is 6. The Morgan fingerprint density at radius 3 is 2.25 bits per heavy atom. The lowest BCUT2D eigenvalue weighted by Gasteiger charge is -2.31. The van der Waals surface area contributed by atoms with E-state index in [-0.39, 0.29) is 17.3 Å². The van der Waals surface area contributed by atoms with Crippen LogP contribution in [0.15, 0.2) is 53.5 Å². The van der Waals surface area contributed by atoms with Gasteiger partial charge in [0.05, 0.1) is 5.69 Å². The first-order valence-electron chi connectivity index (χ1n) is 10.8. The van der Waals surface area contributed by atoms with Crippen molar-refractivity contribution in [2.75, 3.05) is 18.4 Å². The van der Waals surface area contributed by atoms with Gasteiger partial charge in [-0.2, -0.15) is 0 Å². The molecule has 0 spiro atoms. The summed E-state index contributed by atoms with van der Waals surface area (Å²) in [6.45, 7) is 6.92. The molecule has 0 bridgehead atoms. The number of hydrogen-bond donors (Lipinski definition) is 1. The lowest BCUT2D eigenvalue weighted by atomic mass is 9.83. The van der Waals surface area contributed by atoms with Crippen molar-refractivity contribution in [2.45, 2.75) is 45.3 Å². The van der Waals surface area contributed by atoms with Gasteiger partial charge in [0.2, 0.25) is 5.78 Å². The predicted molar refractivity (Wildman–Crippen MR) is 123 cm³/mol. The maximum absolute atomic E-state index is 13.3. The summed E-state index contributed by atoms with van der Waals surface area (Å²) in [5.74, 6) is -0.294. The van der Waals surface area contributed by atoms with E-state index < -0.39 is 17.7 Å². The number of ether oxygens (including phenoxy) is 1. The quantitative estimate of drug-likeness (QED) is 0.761. The Balaban J connectivity index is 1.63. The van der Waals surface area contributed by atoms with Crippen molar-refractivity contribution >= 4 is 34.7 Å². The van der Waals surface area contributed by atoms with Gasteiger partial charge in [0, 0.05) is 16.8 Å². The monoisotopic (exact) mass is 433 g/mol. The van der Waals surface area contributed by atoms with Crippen molar-refractivity contribution in [3.63, 3.8) is 0 Å². The van der Waals surface area contributed by atoms with Crippen LogP contribution in [0.2, 0.25) is 0 Å². The van der Waals surface area contributed by atoms with Gasteiger partial charge in [-0.05, 0) is 71.0 Å². The van der Waals surface area contributed by atoms with Crippen molar-refractivity contribution in [1.82, 2.24) is 4.90 Å². The highest BCUT2D eigenvalue weighted by Crippen LogP contribution is 2.28. The smallest absolute Gasteiger partial charge is 0.412 e. The van der Waals surface area contributed by atoms with Crippen LogP contribution in [0.5, 0.6) is 0 Å². The Morgan fingerprint density at radius 1 is 1.00 bits per heavy atom. The molecule has 7 nitrogen and oxygen atoms in total. The molecule has 0 aromatic heterocycles. The maximum Gasteiger partial charge on any atom is 0.412 e. The SMILES string of the molecule is CC(C)(C)OC(=O)Nc1ccc(N=C2C(=O)c3ccccc3C(=O)C2N2CCCC2)cc1. The molecule has 1 aliphatic carbocycles. The van der Waals surface area contributed by atoms with Gasteiger partial charge in [-0.25, -0.2) is 9.79 Å². The molecule has 1 atom stereocenters. The molecule has 1 unspecified atom stereocenters. The van der Waals surface area contributed by atoms with Crippen molar-refractivity contribution in [3.05, 3.63) is 59.7 Å². The number of likely N-dealkylation sites (tertiary alicyclic amines) is 1. The van der Waals surface area contributed by atoms with E-state index >= 15 is 0 Å². The molecular formula is C25H27N3O4. The third kappa shape index (κ3) is 4.62. The Hall–Kier alpha value is -3.32. The number of benzene rings is 2. The topological polar surface area (TPSA) is 88.1 Å². The van der Waals surface area contributed by atoms with Crippen LogP contribution in [0, 0.1) is 0 Å². The summed E-state index contributed by atoms with van der Waals surface area (Å²) in [5.41, 5.74) is 1.61. The van der Waals surface area contributed by atoms with Gasteiger partial charge in [0.25, 0.3) is 0 Å². The fraction of sp³-hybridized carbons (Fsp3) is 0.360. The first-order valence-corrected chi connectivity index (χ1v) is 10.8. The molecule has 7 heteroatoms. The molecule has 1 aliphatic heterocycles. The summed E-state index contributed by atoms with van der Waals surface area (Å²) < 4.78 is 5.26. The first kappa shape index (κ1) is 21.9. The summed E-state index contributed by atoms with van der Waals surface area (Å²) in [5, 5.41) is 2.67. The van der Waals surface area contributed by atoms with E-state index in [1.165, 1.54) is 0 Å². The molecule has 1 fully saturated rings. The molecule has 1 saturated heterocycles. The van der Waals surface area contributed by atoms with Crippen LogP contribution in [0.4, 0.5) is 16.2 Å². The second-order valence-corrected chi connectivity index (χ2v) is 9.06. The number of nitrogens with one attached hydrogen (secondary N) is 1. The zero-order valence-electron chi connectivity index (χ0n) is 18.6. The Bertz CT molecular complexity index is 1080. The molecule has 166 valence electrons. The third-order valence-electron chi connectivity index (χ3n) is 5.45. The lowest BCUT2D eigenvalue weighted by molar-refractivity contribution is 0.0635. The Kier molecular flexibility index (Phi) is 5.93. The number of carbonyl (C=O) groups is 3. The van der Waals surface area contributed by atoms with E-state index in [0.29, 0.717) is 22.5 Å². The highest BCUT2D eigenvalue weighted by molar-refractivity contribution is 6.55. The van der Waals surface area contributed by atoms with E-state index in [4.69, 9.17) is 4.74 Å². The molecule has 0 saturated carbocycles. The predicted octanol–water partition coefficient (Wildman–Crippen LogP) is 4.65. The molecule has 1 N–H and O–H groups in total. The van der Waals surface area contributed by atoms with E-state index in [0.717, 1.165) is 25.9 Å². The second-order valence-electron chi connectivity index (χ2n) is 9.06. The number of fused-ring (bicyclic) bond motifs is 1. The zero-order chi connectivity index (χ0) is 22.9. The van der Waals surface area contributed by atoms with Gasteiger partial charge in [-0.1, -0.05) is 24.3 Å². The first-order chi connectivity index (χ1) is 15.2. The van der Waals surface area contributed by atoms with Crippen molar-refractivity contribution < 1.29 is 19.1 Å². The van der Waals surface area contributed by atoms with Crippen LogP contribution in [-0.2, 0) is 4.74 Å². The Labute approximate surface area is 187 Å². The second kappa shape index (κ2) is 8.67. The summed E-state index contributed by atoms with van der Waals surface area (Å²) in [6, 6.07) is 13.1. The number of carbonyl (C=O) groups excluding carboxylic acids is 3. The molecular weight excluding hydrogens is 406 g/mol. The average Bonchev–Trinajstić information content (AvgIpc) is 3.26. The number of anilines is 1. The number of rotatable bonds is 3. The summed E-state index contributed by atoms with van der Waals surface area (Å²) in [4.78, 5) is 45.2. The zero-order valence-corrected chi connectivity index (χ0v) is 18.6. The largest absolute Gasteiger partial charge is 0.444 e. The van der Waals surface area contributed by atoms with Gasteiger partial charge in [-0.3, -0.25) is 19.8 Å². The number of amides is 1. The van der Waals surface area contributed by atoms with Crippen LogP contribution in [0.1, 0.15) is 54.3 Å². The molecule has 2 aromatic rings. The van der Waals surface area contributed by atoms with E-state index in [1.54, 1.807) is 69.3 Å².